The molecule has 1 saturated heterocycles. The van der Waals surface area contributed by atoms with E-state index in [0.717, 1.165) is 19.4 Å². The summed E-state index contributed by atoms with van der Waals surface area (Å²) in [6.07, 6.45) is 1.79. The Bertz CT molecular complexity index is 419. The Kier molecular flexibility index (Phi) is 3.91. The maximum absolute atomic E-state index is 13.6. The molecule has 92 valence electrons. The number of rotatable bonds is 3. The van der Waals surface area contributed by atoms with Crippen LogP contribution in [0.1, 0.15) is 18.4 Å². The van der Waals surface area contributed by atoms with E-state index in [4.69, 9.17) is 27.4 Å². The predicted octanol–water partition coefficient (Wildman–Crippen LogP) is 2.02. The molecule has 0 aromatic heterocycles. The van der Waals surface area contributed by atoms with Gasteiger partial charge in [-0.15, -0.1) is 0 Å². The lowest BCUT2D eigenvalue weighted by atomic mass is 10.1. The van der Waals surface area contributed by atoms with Crippen LogP contribution in [0.4, 0.5) is 4.39 Å². The molecule has 17 heavy (non-hydrogen) atoms. The van der Waals surface area contributed by atoms with Crippen LogP contribution < -0.4 is 10.5 Å². The monoisotopic (exact) mass is 255 g/mol. The highest BCUT2D eigenvalue weighted by Gasteiger charge is 2.19. The number of thiocarbonyl (C=S) groups is 1. The Morgan fingerprint density at radius 3 is 3.00 bits per heavy atom. The fourth-order valence-corrected chi connectivity index (χ4v) is 2.02. The Balaban J connectivity index is 2.19. The lowest BCUT2D eigenvalue weighted by molar-refractivity contribution is 0.00724. The number of benzene rings is 1. The van der Waals surface area contributed by atoms with Crippen LogP contribution in [0.15, 0.2) is 18.2 Å². The van der Waals surface area contributed by atoms with Crippen molar-refractivity contribution in [2.24, 2.45) is 5.73 Å². The summed E-state index contributed by atoms with van der Waals surface area (Å²) in [5.41, 5.74) is 5.67. The first-order valence-electron chi connectivity index (χ1n) is 5.51. The lowest BCUT2D eigenvalue weighted by Crippen LogP contribution is -2.29. The topological polar surface area (TPSA) is 44.5 Å². The number of hydrogen-bond donors (Lipinski definition) is 1. The SMILES string of the molecule is NC(=S)c1c(F)cccc1OC1CCCOC1. The van der Waals surface area contributed by atoms with Crippen LogP contribution in [0.3, 0.4) is 0 Å². The van der Waals surface area contributed by atoms with Crippen molar-refractivity contribution in [2.45, 2.75) is 18.9 Å². The highest BCUT2D eigenvalue weighted by Crippen LogP contribution is 2.24. The van der Waals surface area contributed by atoms with E-state index in [1.807, 2.05) is 0 Å². The Morgan fingerprint density at radius 2 is 2.35 bits per heavy atom. The molecule has 2 rings (SSSR count). The first kappa shape index (κ1) is 12.3. The summed E-state index contributed by atoms with van der Waals surface area (Å²) in [6, 6.07) is 4.57. The zero-order chi connectivity index (χ0) is 12.3. The standard InChI is InChI=1S/C12H14FNO2S/c13-9-4-1-5-10(11(9)12(14)17)16-8-3-2-6-15-7-8/h1,4-5,8H,2-3,6-7H2,(H2,14,17). The van der Waals surface area contributed by atoms with Gasteiger partial charge in [0.25, 0.3) is 0 Å². The molecule has 3 nitrogen and oxygen atoms in total. The first-order valence-corrected chi connectivity index (χ1v) is 5.92. The molecule has 1 heterocycles. The van der Waals surface area contributed by atoms with E-state index in [1.165, 1.54) is 6.07 Å². The molecule has 0 radical (unpaired) electrons. The minimum Gasteiger partial charge on any atom is -0.487 e. The minimum absolute atomic E-state index is 0.00910. The van der Waals surface area contributed by atoms with Gasteiger partial charge in [-0.2, -0.15) is 0 Å². The molecule has 0 amide bonds. The smallest absolute Gasteiger partial charge is 0.137 e. The molecule has 1 aliphatic heterocycles. The predicted molar refractivity (Wildman–Crippen MR) is 66.8 cm³/mol. The molecule has 1 aromatic rings. The van der Waals surface area contributed by atoms with Gasteiger partial charge in [0.15, 0.2) is 0 Å². The average molecular weight is 255 g/mol. The lowest BCUT2D eigenvalue weighted by Gasteiger charge is -2.24. The third-order valence-electron chi connectivity index (χ3n) is 2.63. The summed E-state index contributed by atoms with van der Waals surface area (Å²) in [5.74, 6) is -0.0558. The second-order valence-electron chi connectivity index (χ2n) is 3.93. The normalized spacial score (nSPS) is 19.9. The molecule has 1 atom stereocenters. The maximum atomic E-state index is 13.6. The molecule has 1 fully saturated rings. The molecular weight excluding hydrogens is 241 g/mol. The van der Waals surface area contributed by atoms with Gasteiger partial charge in [0, 0.05) is 6.61 Å². The van der Waals surface area contributed by atoms with Crippen molar-refractivity contribution in [2.75, 3.05) is 13.2 Å². The highest BCUT2D eigenvalue weighted by molar-refractivity contribution is 7.80. The van der Waals surface area contributed by atoms with Gasteiger partial charge in [-0.25, -0.2) is 4.39 Å². The van der Waals surface area contributed by atoms with Gasteiger partial charge < -0.3 is 15.2 Å². The molecule has 1 aliphatic rings. The van der Waals surface area contributed by atoms with Crippen molar-refractivity contribution in [1.29, 1.82) is 0 Å². The minimum atomic E-state index is -0.452. The average Bonchev–Trinajstić information content (AvgIpc) is 2.30. The maximum Gasteiger partial charge on any atom is 0.137 e. The quantitative estimate of drug-likeness (QED) is 0.839. The molecule has 0 spiro atoms. The van der Waals surface area contributed by atoms with Crippen molar-refractivity contribution in [3.8, 4) is 5.75 Å². The van der Waals surface area contributed by atoms with Crippen LogP contribution in [0.5, 0.6) is 5.75 Å². The summed E-state index contributed by atoms with van der Waals surface area (Å²) in [4.78, 5) is 0.00910. The van der Waals surface area contributed by atoms with Crippen molar-refractivity contribution in [1.82, 2.24) is 0 Å². The Hall–Kier alpha value is -1.20. The van der Waals surface area contributed by atoms with Crippen molar-refractivity contribution in [3.05, 3.63) is 29.6 Å². The molecular formula is C12H14FNO2S. The Labute approximate surface area is 105 Å². The zero-order valence-electron chi connectivity index (χ0n) is 9.32. The highest BCUT2D eigenvalue weighted by atomic mass is 32.1. The van der Waals surface area contributed by atoms with E-state index in [1.54, 1.807) is 12.1 Å². The van der Waals surface area contributed by atoms with E-state index in [2.05, 4.69) is 0 Å². The van der Waals surface area contributed by atoms with Gasteiger partial charge in [-0.1, -0.05) is 18.3 Å². The zero-order valence-corrected chi connectivity index (χ0v) is 10.1. The second kappa shape index (κ2) is 5.42. The van der Waals surface area contributed by atoms with E-state index in [0.29, 0.717) is 12.4 Å². The van der Waals surface area contributed by atoms with Gasteiger partial charge in [-0.3, -0.25) is 0 Å². The first-order chi connectivity index (χ1) is 8.18. The fraction of sp³-hybridized carbons (Fsp3) is 0.417. The summed E-state index contributed by atoms with van der Waals surface area (Å²) in [6.45, 7) is 1.28. The molecule has 2 N–H and O–H groups in total. The molecule has 0 aliphatic carbocycles. The summed E-state index contributed by atoms with van der Waals surface area (Å²) >= 11 is 4.83. The van der Waals surface area contributed by atoms with E-state index in [-0.39, 0.29) is 16.7 Å². The fourth-order valence-electron chi connectivity index (χ4n) is 1.83. The van der Waals surface area contributed by atoms with E-state index < -0.39 is 5.82 Å². The largest absolute Gasteiger partial charge is 0.487 e. The molecule has 1 unspecified atom stereocenters. The summed E-state index contributed by atoms with van der Waals surface area (Å²) in [7, 11) is 0. The molecule has 1 aromatic carbocycles. The van der Waals surface area contributed by atoms with Crippen LogP contribution in [0.25, 0.3) is 0 Å². The van der Waals surface area contributed by atoms with Gasteiger partial charge in [-0.05, 0) is 25.0 Å². The van der Waals surface area contributed by atoms with Gasteiger partial charge in [0.2, 0.25) is 0 Å². The summed E-state index contributed by atoms with van der Waals surface area (Å²) in [5, 5.41) is 0. The van der Waals surface area contributed by atoms with Crippen LogP contribution in [0.2, 0.25) is 0 Å². The van der Waals surface area contributed by atoms with Gasteiger partial charge >= 0.3 is 0 Å². The van der Waals surface area contributed by atoms with Crippen LogP contribution in [-0.4, -0.2) is 24.3 Å². The number of nitrogens with two attached hydrogens (primary N) is 1. The number of hydrogen-bond acceptors (Lipinski definition) is 3. The van der Waals surface area contributed by atoms with E-state index >= 15 is 0 Å². The van der Waals surface area contributed by atoms with Crippen LogP contribution in [0, 0.1) is 5.82 Å². The molecule has 0 bridgehead atoms. The van der Waals surface area contributed by atoms with Crippen LogP contribution >= 0.6 is 12.2 Å². The summed E-state index contributed by atoms with van der Waals surface area (Å²) < 4.78 is 24.6. The van der Waals surface area contributed by atoms with Crippen LogP contribution in [-0.2, 0) is 4.74 Å². The number of ether oxygens (including phenoxy) is 2. The molecule has 5 heteroatoms. The third-order valence-corrected chi connectivity index (χ3v) is 2.84. The van der Waals surface area contributed by atoms with Crippen molar-refractivity contribution >= 4 is 17.2 Å². The van der Waals surface area contributed by atoms with Gasteiger partial charge in [0.1, 0.15) is 22.7 Å². The Morgan fingerprint density at radius 1 is 1.53 bits per heavy atom. The second-order valence-corrected chi connectivity index (χ2v) is 4.37. The number of halogens is 1. The van der Waals surface area contributed by atoms with Crippen molar-refractivity contribution < 1.29 is 13.9 Å². The van der Waals surface area contributed by atoms with Gasteiger partial charge in [0.05, 0.1) is 12.2 Å². The van der Waals surface area contributed by atoms with E-state index in [9.17, 15) is 4.39 Å². The molecule has 0 saturated carbocycles. The third kappa shape index (κ3) is 2.92. The van der Waals surface area contributed by atoms with Crippen molar-refractivity contribution in [3.63, 3.8) is 0 Å².